The molecule has 0 unspecified atom stereocenters. The maximum atomic E-state index is 12.1. The van der Waals surface area contributed by atoms with Crippen LogP contribution in [0.5, 0.6) is 0 Å². The highest BCUT2D eigenvalue weighted by atomic mass is 16.6. The Morgan fingerprint density at radius 2 is 1.57 bits per heavy atom. The highest BCUT2D eigenvalue weighted by molar-refractivity contribution is 5.98. The van der Waals surface area contributed by atoms with Crippen LogP contribution in [0.2, 0.25) is 0 Å². The average Bonchev–Trinajstić information content (AvgIpc) is 2.60. The van der Waals surface area contributed by atoms with Crippen molar-refractivity contribution < 1.29 is 19.4 Å². The van der Waals surface area contributed by atoms with E-state index in [-0.39, 0.29) is 18.8 Å². The molecule has 120 valence electrons. The first kappa shape index (κ1) is 16.9. The Morgan fingerprint density at radius 1 is 1.00 bits per heavy atom. The number of carbonyl (C=O) groups excluding carboxylic acids is 2. The van der Waals surface area contributed by atoms with Gasteiger partial charge in [0.15, 0.2) is 18.0 Å². The lowest BCUT2D eigenvalue weighted by molar-refractivity contribution is -0.162. The maximum Gasteiger partial charge on any atom is 0.338 e. The Kier molecular flexibility index (Phi) is 5.29. The van der Waals surface area contributed by atoms with Crippen LogP contribution in [0, 0.1) is 0 Å². The van der Waals surface area contributed by atoms with Gasteiger partial charge in [0.1, 0.15) is 0 Å². The molecule has 4 heteroatoms. The number of benzene rings is 2. The van der Waals surface area contributed by atoms with Crippen molar-refractivity contribution in [3.63, 3.8) is 0 Å². The minimum atomic E-state index is -1.56. The average molecular weight is 312 g/mol. The van der Waals surface area contributed by atoms with E-state index in [1.807, 2.05) is 42.5 Å². The number of carbonyl (C=O) groups is 2. The minimum Gasteiger partial charge on any atom is -0.455 e. The Morgan fingerprint density at radius 3 is 2.13 bits per heavy atom. The summed E-state index contributed by atoms with van der Waals surface area (Å²) in [6.45, 7) is 2.67. The number of hydrogen-bond donors (Lipinski definition) is 1. The van der Waals surface area contributed by atoms with Gasteiger partial charge in [0.2, 0.25) is 0 Å². The summed E-state index contributed by atoms with van der Waals surface area (Å²) in [7, 11) is 0. The highest BCUT2D eigenvalue weighted by Crippen LogP contribution is 2.19. The molecule has 0 radical (unpaired) electrons. The number of ether oxygens (including phenoxy) is 1. The maximum absolute atomic E-state index is 12.1. The van der Waals surface area contributed by atoms with Gasteiger partial charge in [0, 0.05) is 5.56 Å². The quantitative estimate of drug-likeness (QED) is 0.657. The van der Waals surface area contributed by atoms with E-state index in [1.165, 1.54) is 6.92 Å². The number of Topliss-reactive ketones (excluding diaryl/α,β-unsaturated/α-hetero) is 1. The second-order valence-corrected chi connectivity index (χ2v) is 5.57. The lowest BCUT2D eigenvalue weighted by Crippen LogP contribution is -2.37. The first-order valence-electron chi connectivity index (χ1n) is 7.52. The minimum absolute atomic E-state index is 0.228. The molecule has 0 aliphatic rings. The zero-order valence-electron chi connectivity index (χ0n) is 13.3. The standard InChI is InChI=1S/C19H20O4/c1-3-19(2,22)18(21)23-13-17(20)16-11-9-15(10-12-16)14-7-5-4-6-8-14/h4-12,22H,3,13H2,1-2H3/t19-/m0/s1. The van der Waals surface area contributed by atoms with Crippen molar-refractivity contribution >= 4 is 11.8 Å². The molecular formula is C19H20O4. The van der Waals surface area contributed by atoms with Crippen LogP contribution in [-0.2, 0) is 9.53 Å². The van der Waals surface area contributed by atoms with E-state index in [4.69, 9.17) is 4.74 Å². The normalized spacial score (nSPS) is 13.2. The number of esters is 1. The van der Waals surface area contributed by atoms with Crippen LogP contribution in [0.15, 0.2) is 54.6 Å². The smallest absolute Gasteiger partial charge is 0.338 e. The molecule has 0 bridgehead atoms. The summed E-state index contributed by atoms with van der Waals surface area (Å²) in [6.07, 6.45) is 0.228. The summed E-state index contributed by atoms with van der Waals surface area (Å²) in [5.41, 5.74) is 0.982. The monoisotopic (exact) mass is 312 g/mol. The molecule has 0 aromatic heterocycles. The highest BCUT2D eigenvalue weighted by Gasteiger charge is 2.30. The molecule has 1 atom stereocenters. The van der Waals surface area contributed by atoms with Crippen molar-refractivity contribution in [1.82, 2.24) is 0 Å². The third-order valence-electron chi connectivity index (χ3n) is 3.78. The summed E-state index contributed by atoms with van der Waals surface area (Å²) < 4.78 is 4.89. The molecule has 1 N–H and O–H groups in total. The van der Waals surface area contributed by atoms with Gasteiger partial charge in [-0.3, -0.25) is 4.79 Å². The molecular weight excluding hydrogens is 292 g/mol. The van der Waals surface area contributed by atoms with Gasteiger partial charge in [-0.2, -0.15) is 0 Å². The predicted molar refractivity (Wildman–Crippen MR) is 88.1 cm³/mol. The van der Waals surface area contributed by atoms with Crippen LogP contribution in [0.1, 0.15) is 30.6 Å². The fraction of sp³-hybridized carbons (Fsp3) is 0.263. The van der Waals surface area contributed by atoms with Crippen molar-refractivity contribution in [2.45, 2.75) is 25.9 Å². The third kappa shape index (κ3) is 4.27. The summed E-state index contributed by atoms with van der Waals surface area (Å²) in [5.74, 6) is -1.08. The van der Waals surface area contributed by atoms with E-state index in [1.54, 1.807) is 19.1 Å². The number of rotatable bonds is 6. The summed E-state index contributed by atoms with van der Waals surface area (Å²) >= 11 is 0. The largest absolute Gasteiger partial charge is 0.455 e. The van der Waals surface area contributed by atoms with Gasteiger partial charge in [-0.15, -0.1) is 0 Å². The van der Waals surface area contributed by atoms with Gasteiger partial charge in [0.05, 0.1) is 0 Å². The lowest BCUT2D eigenvalue weighted by atomic mass is 10.0. The van der Waals surface area contributed by atoms with E-state index in [2.05, 4.69) is 0 Å². The van der Waals surface area contributed by atoms with Crippen LogP contribution in [0.3, 0.4) is 0 Å². The van der Waals surface area contributed by atoms with Gasteiger partial charge in [-0.25, -0.2) is 4.79 Å². The van der Waals surface area contributed by atoms with Gasteiger partial charge in [-0.1, -0.05) is 61.5 Å². The van der Waals surface area contributed by atoms with Crippen molar-refractivity contribution in [2.24, 2.45) is 0 Å². The predicted octanol–water partition coefficient (Wildman–Crippen LogP) is 3.24. The van der Waals surface area contributed by atoms with Gasteiger partial charge < -0.3 is 9.84 Å². The molecule has 23 heavy (non-hydrogen) atoms. The number of hydrogen-bond acceptors (Lipinski definition) is 4. The van der Waals surface area contributed by atoms with E-state index in [0.717, 1.165) is 11.1 Å². The molecule has 0 fully saturated rings. The third-order valence-corrected chi connectivity index (χ3v) is 3.78. The molecule has 0 aliphatic heterocycles. The molecule has 2 aromatic rings. The Labute approximate surface area is 135 Å². The molecule has 0 aliphatic carbocycles. The second kappa shape index (κ2) is 7.20. The summed E-state index contributed by atoms with van der Waals surface area (Å²) in [5, 5.41) is 9.75. The van der Waals surface area contributed by atoms with E-state index < -0.39 is 11.6 Å². The van der Waals surface area contributed by atoms with E-state index >= 15 is 0 Å². The zero-order valence-corrected chi connectivity index (χ0v) is 13.3. The molecule has 0 amide bonds. The molecule has 0 heterocycles. The molecule has 0 spiro atoms. The summed E-state index contributed by atoms with van der Waals surface area (Å²) in [4.78, 5) is 23.7. The van der Waals surface area contributed by atoms with Crippen molar-refractivity contribution in [3.05, 3.63) is 60.2 Å². The molecule has 0 saturated heterocycles. The SMILES string of the molecule is CC[C@](C)(O)C(=O)OCC(=O)c1ccc(-c2ccccc2)cc1. The zero-order chi connectivity index (χ0) is 16.9. The van der Waals surface area contributed by atoms with Crippen LogP contribution in [0.4, 0.5) is 0 Å². The van der Waals surface area contributed by atoms with Crippen molar-refractivity contribution in [1.29, 1.82) is 0 Å². The topological polar surface area (TPSA) is 63.6 Å². The fourth-order valence-electron chi connectivity index (χ4n) is 1.99. The molecule has 2 rings (SSSR count). The Balaban J connectivity index is 2.00. The summed E-state index contributed by atoms with van der Waals surface area (Å²) in [6, 6.07) is 16.9. The van der Waals surface area contributed by atoms with Gasteiger partial charge in [0.25, 0.3) is 0 Å². The molecule has 0 saturated carbocycles. The molecule has 4 nitrogen and oxygen atoms in total. The van der Waals surface area contributed by atoms with Crippen molar-refractivity contribution in [3.8, 4) is 11.1 Å². The fourth-order valence-corrected chi connectivity index (χ4v) is 1.99. The van der Waals surface area contributed by atoms with Crippen molar-refractivity contribution in [2.75, 3.05) is 6.61 Å². The second-order valence-electron chi connectivity index (χ2n) is 5.57. The lowest BCUT2D eigenvalue weighted by Gasteiger charge is -2.18. The van der Waals surface area contributed by atoms with Crippen LogP contribution in [0.25, 0.3) is 11.1 Å². The van der Waals surface area contributed by atoms with Gasteiger partial charge in [-0.05, 0) is 24.5 Å². The van der Waals surface area contributed by atoms with E-state index in [0.29, 0.717) is 5.56 Å². The van der Waals surface area contributed by atoms with Crippen LogP contribution in [-0.4, -0.2) is 29.1 Å². The first-order chi connectivity index (χ1) is 10.9. The van der Waals surface area contributed by atoms with Crippen LogP contribution >= 0.6 is 0 Å². The number of ketones is 1. The molecule has 2 aromatic carbocycles. The Hall–Kier alpha value is -2.46. The van der Waals surface area contributed by atoms with Crippen LogP contribution < -0.4 is 0 Å². The first-order valence-corrected chi connectivity index (χ1v) is 7.52. The van der Waals surface area contributed by atoms with E-state index in [9.17, 15) is 14.7 Å². The number of aliphatic hydroxyl groups is 1. The Bertz CT molecular complexity index is 672. The van der Waals surface area contributed by atoms with Gasteiger partial charge >= 0.3 is 5.97 Å².